The first-order chi connectivity index (χ1) is 16.9. The lowest BCUT2D eigenvalue weighted by Gasteiger charge is -2.45. The molecule has 2 unspecified atom stereocenters. The Balaban J connectivity index is 1.89. The molecule has 2 aromatic rings. The van der Waals surface area contributed by atoms with Crippen molar-refractivity contribution in [3.63, 3.8) is 0 Å². The maximum atomic E-state index is 7.54. The number of benzene rings is 2. The van der Waals surface area contributed by atoms with E-state index in [2.05, 4.69) is 134 Å². The van der Waals surface area contributed by atoms with Crippen molar-refractivity contribution in [2.75, 3.05) is 7.11 Å². The molecule has 36 heavy (non-hydrogen) atoms. The van der Waals surface area contributed by atoms with E-state index in [1.807, 2.05) is 0 Å². The van der Waals surface area contributed by atoms with Gasteiger partial charge in [-0.15, -0.1) is 0 Å². The van der Waals surface area contributed by atoms with Gasteiger partial charge in [0, 0.05) is 22.8 Å². The summed E-state index contributed by atoms with van der Waals surface area (Å²) >= 11 is 2.07. The zero-order chi connectivity index (χ0) is 26.5. The van der Waals surface area contributed by atoms with Crippen molar-refractivity contribution >= 4 is 31.7 Å². The van der Waals surface area contributed by atoms with Gasteiger partial charge in [-0.3, -0.25) is 0 Å². The number of hydrogen-bond donors (Lipinski definition) is 0. The van der Waals surface area contributed by atoms with Gasteiger partial charge in [-0.2, -0.15) is 0 Å². The van der Waals surface area contributed by atoms with Crippen molar-refractivity contribution in [3.05, 3.63) is 82.9 Å². The van der Waals surface area contributed by atoms with E-state index in [4.69, 9.17) is 9.16 Å². The van der Waals surface area contributed by atoms with Gasteiger partial charge < -0.3 is 9.16 Å². The number of ether oxygens (including phenoxy) is 1. The third-order valence-corrected chi connectivity index (χ3v) is 19.1. The Labute approximate surface area is 225 Å². The highest BCUT2D eigenvalue weighted by Crippen LogP contribution is 2.97. The molecule has 194 valence electrons. The zero-order valence-electron chi connectivity index (χ0n) is 23.7. The molecule has 1 fully saturated rings. The smallest absolute Gasteiger partial charge is 0.258 e. The van der Waals surface area contributed by atoms with Crippen LogP contribution in [0.25, 0.3) is 4.91 Å². The lowest BCUT2D eigenvalue weighted by molar-refractivity contribution is 0.264. The van der Waals surface area contributed by atoms with E-state index in [1.54, 1.807) is 12.4 Å². The number of hydrogen-bond acceptors (Lipinski definition) is 3. The molecule has 4 rings (SSSR count). The molecule has 2 heterocycles. The normalized spacial score (nSPS) is 23.1. The summed E-state index contributed by atoms with van der Waals surface area (Å²) in [7, 11) is -0.806. The largest absolute Gasteiger partial charge is 0.545 e. The van der Waals surface area contributed by atoms with Gasteiger partial charge in [-0.05, 0) is 46.0 Å². The van der Waals surface area contributed by atoms with E-state index in [0.717, 1.165) is 5.75 Å². The van der Waals surface area contributed by atoms with Crippen LogP contribution in [-0.4, -0.2) is 15.4 Å². The van der Waals surface area contributed by atoms with Crippen LogP contribution in [0.1, 0.15) is 73.4 Å². The van der Waals surface area contributed by atoms with E-state index in [-0.39, 0.29) is 10.6 Å². The van der Waals surface area contributed by atoms with Crippen molar-refractivity contribution < 1.29 is 9.16 Å². The molecule has 0 aromatic heterocycles. The second kappa shape index (κ2) is 10.0. The fourth-order valence-electron chi connectivity index (χ4n) is 6.07. The van der Waals surface area contributed by atoms with Crippen molar-refractivity contribution in [1.29, 1.82) is 0 Å². The first kappa shape index (κ1) is 27.5. The van der Waals surface area contributed by atoms with Crippen LogP contribution in [0.15, 0.2) is 71.7 Å². The summed E-state index contributed by atoms with van der Waals surface area (Å²) in [5, 5.41) is 1.52. The molecule has 0 bridgehead atoms. The molecule has 2 aliphatic rings. The minimum absolute atomic E-state index is 0.0375. The summed E-state index contributed by atoms with van der Waals surface area (Å²) in [5.74, 6) is 2.18. The molecule has 0 radical (unpaired) electrons. The van der Waals surface area contributed by atoms with E-state index in [9.17, 15) is 0 Å². The molecule has 2 nitrogen and oxygen atoms in total. The summed E-state index contributed by atoms with van der Waals surface area (Å²) in [6, 6.07) is 19.6. The van der Waals surface area contributed by atoms with Crippen molar-refractivity contribution in [2.45, 2.75) is 84.1 Å². The monoisotopic (exact) mass is 538 g/mol. The van der Waals surface area contributed by atoms with Crippen LogP contribution in [0.2, 0.25) is 16.6 Å². The predicted octanol–water partition coefficient (Wildman–Crippen LogP) is 10.5. The first-order valence-electron chi connectivity index (χ1n) is 13.2. The number of allylic oxidation sites excluding steroid dienone is 3. The van der Waals surface area contributed by atoms with Crippen molar-refractivity contribution in [1.82, 2.24) is 0 Å². The minimum atomic E-state index is -2.09. The summed E-state index contributed by atoms with van der Waals surface area (Å²) in [6.07, 6.45) is 2.55. The van der Waals surface area contributed by atoms with Crippen LogP contribution in [-0.2, 0) is 9.58 Å². The van der Waals surface area contributed by atoms with Gasteiger partial charge in [-0.25, -0.2) is 0 Å². The van der Waals surface area contributed by atoms with Crippen LogP contribution < -0.4 is 4.74 Å². The second-order valence-corrected chi connectivity index (χ2v) is 21.5. The van der Waals surface area contributed by atoms with Crippen molar-refractivity contribution in [3.8, 4) is 5.75 Å². The highest BCUT2D eigenvalue weighted by Gasteiger charge is 2.67. The molecule has 0 N–H and O–H groups in total. The molecular formula is C31H43O2PSSi. The fraction of sp³-hybridized carbons (Fsp3) is 0.484. The molecule has 1 saturated heterocycles. The standard InChI is InChI=1S/C31H43O2PSSi/c1-21(2)36(22(3)4,23(5)6)33-28(30(7,8)9)29-31(25-14-12-11-13-15-25)20-27(35-34(29)31)24-16-18-26(32-10)19-17-24/h11-23H,1-10H3/b29-28+. The fourth-order valence-corrected chi connectivity index (χ4v) is 18.0. The predicted molar refractivity (Wildman–Crippen MR) is 162 cm³/mol. The van der Waals surface area contributed by atoms with Crippen LogP contribution in [0.5, 0.6) is 5.75 Å². The van der Waals surface area contributed by atoms with Gasteiger partial charge in [0.25, 0.3) is 8.32 Å². The van der Waals surface area contributed by atoms with Crippen LogP contribution >= 0.6 is 18.5 Å². The lowest BCUT2D eigenvalue weighted by atomic mass is 9.89. The highest BCUT2D eigenvalue weighted by molar-refractivity contribution is 8.64. The highest BCUT2D eigenvalue weighted by atomic mass is 32.7. The molecule has 2 aromatic carbocycles. The van der Waals surface area contributed by atoms with Gasteiger partial charge >= 0.3 is 0 Å². The first-order valence-corrected chi connectivity index (χ1v) is 18.1. The topological polar surface area (TPSA) is 18.5 Å². The Morgan fingerprint density at radius 3 is 1.89 bits per heavy atom. The van der Waals surface area contributed by atoms with E-state index < -0.39 is 15.4 Å². The Hall–Kier alpha value is -1.48. The summed E-state index contributed by atoms with van der Waals surface area (Å²) < 4.78 is 12.9. The summed E-state index contributed by atoms with van der Waals surface area (Å²) in [6.45, 7) is 21.4. The Morgan fingerprint density at radius 2 is 1.42 bits per heavy atom. The van der Waals surface area contributed by atoms with Gasteiger partial charge in [0.15, 0.2) is 0 Å². The molecule has 5 heteroatoms. The quantitative estimate of drug-likeness (QED) is 0.189. The Kier molecular flexibility index (Phi) is 7.66. The second-order valence-electron chi connectivity index (χ2n) is 12.1. The van der Waals surface area contributed by atoms with Gasteiger partial charge in [0.2, 0.25) is 0 Å². The average molecular weight is 539 g/mol. The van der Waals surface area contributed by atoms with E-state index >= 15 is 0 Å². The molecular weight excluding hydrogens is 495 g/mol. The van der Waals surface area contributed by atoms with Gasteiger partial charge in [0.05, 0.1) is 18.0 Å². The van der Waals surface area contributed by atoms with Gasteiger partial charge in [-0.1, -0.05) is 116 Å². The van der Waals surface area contributed by atoms with Crippen LogP contribution in [0.4, 0.5) is 0 Å². The summed E-state index contributed by atoms with van der Waals surface area (Å²) in [5.41, 5.74) is 4.28. The number of rotatable bonds is 8. The lowest BCUT2D eigenvalue weighted by Crippen LogP contribution is -2.48. The summed E-state index contributed by atoms with van der Waals surface area (Å²) in [4.78, 5) is 1.38. The molecule has 0 aliphatic carbocycles. The van der Waals surface area contributed by atoms with Crippen LogP contribution in [0.3, 0.4) is 0 Å². The molecule has 0 saturated carbocycles. The maximum absolute atomic E-state index is 7.54. The van der Waals surface area contributed by atoms with Crippen molar-refractivity contribution in [2.24, 2.45) is 5.41 Å². The van der Waals surface area contributed by atoms with Gasteiger partial charge in [0.1, 0.15) is 5.75 Å². The maximum Gasteiger partial charge on any atom is 0.258 e. The molecule has 2 aliphatic heterocycles. The van der Waals surface area contributed by atoms with Crippen LogP contribution in [0, 0.1) is 5.41 Å². The Morgan fingerprint density at radius 1 is 0.861 bits per heavy atom. The zero-order valence-corrected chi connectivity index (χ0v) is 26.4. The SMILES string of the molecule is COc1ccc(C2=CC3(c4ccccc4)/C(=C(\O[Si](C(C)C)(C(C)C)C(C)C)C(C)(C)C)P3S2)cc1. The molecule has 0 amide bonds. The van der Waals surface area contributed by atoms with E-state index in [0.29, 0.717) is 16.6 Å². The minimum Gasteiger partial charge on any atom is -0.545 e. The number of fused-ring (bicyclic) bond motifs is 1. The Bertz CT molecular complexity index is 1120. The van der Waals surface area contributed by atoms with E-state index in [1.165, 1.54) is 21.8 Å². The average Bonchev–Trinajstić information content (AvgIpc) is 3.25. The third-order valence-electron chi connectivity index (χ3n) is 7.83. The number of methoxy groups -OCH3 is 1. The molecule has 2 atom stereocenters. The third kappa shape index (κ3) is 4.52. The molecule has 0 spiro atoms.